The Balaban J connectivity index is 1.68. The Hall–Kier alpha value is -3.14. The maximum absolute atomic E-state index is 13.7. The molecule has 5 nitrogen and oxygen atoms in total. The van der Waals surface area contributed by atoms with E-state index in [0.717, 1.165) is 8.66 Å². The number of nitrogens with one attached hydrogen (secondary N) is 1. The molecule has 4 aromatic rings. The number of para-hydroxylation sites is 1. The molecular weight excluding hydrogens is 537 g/mol. The second-order valence-electron chi connectivity index (χ2n) is 7.60. The fourth-order valence-electron chi connectivity index (χ4n) is 3.83. The number of carbonyl (C=O) groups excluding carboxylic acids is 1. The summed E-state index contributed by atoms with van der Waals surface area (Å²) in [7, 11) is 0. The lowest BCUT2D eigenvalue weighted by molar-refractivity contribution is -0.113. The minimum absolute atomic E-state index is 0.250. The van der Waals surface area contributed by atoms with E-state index in [1.165, 1.54) is 39.4 Å². The summed E-state index contributed by atoms with van der Waals surface area (Å²) in [4.78, 5) is 33.0. The molecule has 9 heteroatoms. The van der Waals surface area contributed by atoms with Crippen molar-refractivity contribution in [2.75, 3.05) is 5.32 Å². The second-order valence-corrected chi connectivity index (χ2v) is 11.1. The van der Waals surface area contributed by atoms with Crippen LogP contribution < -0.4 is 20.2 Å². The van der Waals surface area contributed by atoms with Crippen molar-refractivity contribution in [3.8, 4) is 0 Å². The van der Waals surface area contributed by atoms with Crippen LogP contribution in [0.25, 0.3) is 6.08 Å². The number of aromatic nitrogens is 1. The molecule has 5 rings (SSSR count). The molecule has 34 heavy (non-hydrogen) atoms. The number of carbonyl (C=O) groups is 1. The molecule has 1 atom stereocenters. The summed E-state index contributed by atoms with van der Waals surface area (Å²) in [5, 5.41) is 2.90. The van der Waals surface area contributed by atoms with Gasteiger partial charge in [0.1, 0.15) is 5.82 Å². The summed E-state index contributed by atoms with van der Waals surface area (Å²) in [6.45, 7) is 1.75. The summed E-state index contributed by atoms with van der Waals surface area (Å²) in [5.74, 6) is -0.756. The monoisotopic (exact) mass is 553 g/mol. The summed E-state index contributed by atoms with van der Waals surface area (Å²) < 4.78 is 16.7. The number of thiophene rings is 1. The highest BCUT2D eigenvalue weighted by Crippen LogP contribution is 2.31. The first-order valence-corrected chi connectivity index (χ1v) is 12.7. The maximum Gasteiger partial charge on any atom is 0.271 e. The van der Waals surface area contributed by atoms with Crippen molar-refractivity contribution in [3.63, 3.8) is 0 Å². The quantitative estimate of drug-likeness (QED) is 0.393. The van der Waals surface area contributed by atoms with E-state index in [2.05, 4.69) is 26.2 Å². The highest BCUT2D eigenvalue weighted by Gasteiger charge is 2.32. The topological polar surface area (TPSA) is 63.5 Å². The number of hydrogen-bond donors (Lipinski definition) is 1. The zero-order chi connectivity index (χ0) is 23.8. The van der Waals surface area contributed by atoms with Gasteiger partial charge in [0.2, 0.25) is 0 Å². The maximum atomic E-state index is 13.7. The van der Waals surface area contributed by atoms with E-state index >= 15 is 0 Å². The van der Waals surface area contributed by atoms with Crippen molar-refractivity contribution in [1.82, 2.24) is 4.57 Å². The minimum atomic E-state index is -0.738. The lowest BCUT2D eigenvalue weighted by Gasteiger charge is -2.25. The highest BCUT2D eigenvalue weighted by atomic mass is 79.9. The Kier molecular flexibility index (Phi) is 6.16. The van der Waals surface area contributed by atoms with E-state index < -0.39 is 11.9 Å². The van der Waals surface area contributed by atoms with Gasteiger partial charge < -0.3 is 5.32 Å². The molecule has 0 spiro atoms. The molecule has 1 aliphatic rings. The first-order valence-electron chi connectivity index (χ1n) is 10.3. The molecule has 1 aliphatic heterocycles. The molecule has 1 amide bonds. The predicted molar refractivity (Wildman–Crippen MR) is 137 cm³/mol. The van der Waals surface area contributed by atoms with Gasteiger partial charge in [-0.05, 0) is 70.9 Å². The van der Waals surface area contributed by atoms with Gasteiger partial charge in [-0.15, -0.1) is 11.3 Å². The van der Waals surface area contributed by atoms with Crippen LogP contribution in [0.15, 0.2) is 91.6 Å². The molecule has 2 aromatic carbocycles. The molecule has 0 saturated heterocycles. The third-order valence-electron chi connectivity index (χ3n) is 5.35. The van der Waals surface area contributed by atoms with Crippen molar-refractivity contribution < 1.29 is 9.18 Å². The molecule has 0 radical (unpaired) electrons. The lowest BCUT2D eigenvalue weighted by Crippen LogP contribution is -2.40. The van der Waals surface area contributed by atoms with Crippen LogP contribution in [-0.4, -0.2) is 10.5 Å². The molecule has 0 aliphatic carbocycles. The van der Waals surface area contributed by atoms with Gasteiger partial charge in [0.05, 0.1) is 25.6 Å². The molecule has 0 fully saturated rings. The van der Waals surface area contributed by atoms with Gasteiger partial charge in [0.25, 0.3) is 11.5 Å². The second kappa shape index (κ2) is 9.25. The summed E-state index contributed by atoms with van der Waals surface area (Å²) in [5.41, 5.74) is 1.86. The van der Waals surface area contributed by atoms with Gasteiger partial charge in [-0.25, -0.2) is 9.38 Å². The Morgan fingerprint density at radius 1 is 1.09 bits per heavy atom. The molecule has 2 aromatic heterocycles. The number of amides is 1. The van der Waals surface area contributed by atoms with Crippen molar-refractivity contribution in [3.05, 3.63) is 118 Å². The number of rotatable bonds is 4. The van der Waals surface area contributed by atoms with E-state index in [9.17, 15) is 14.0 Å². The van der Waals surface area contributed by atoms with Crippen LogP contribution >= 0.6 is 38.6 Å². The highest BCUT2D eigenvalue weighted by molar-refractivity contribution is 9.11. The number of halogens is 2. The zero-order valence-corrected chi connectivity index (χ0v) is 21.0. The number of benzene rings is 2. The SMILES string of the molecule is CC1=C(C(=O)Nc2ccccc2)[C@H](c2ccc(F)cc2)n2c(sc(=Cc3ccc(Br)s3)c2=O)=N1. The van der Waals surface area contributed by atoms with Crippen LogP contribution in [0.1, 0.15) is 23.4 Å². The first kappa shape index (κ1) is 22.6. The van der Waals surface area contributed by atoms with E-state index in [0.29, 0.717) is 31.9 Å². The van der Waals surface area contributed by atoms with Gasteiger partial charge in [-0.1, -0.05) is 41.7 Å². The average molecular weight is 554 g/mol. The van der Waals surface area contributed by atoms with E-state index in [1.807, 2.05) is 36.4 Å². The fraction of sp³-hybridized carbons (Fsp3) is 0.0800. The Morgan fingerprint density at radius 3 is 2.50 bits per heavy atom. The fourth-order valence-corrected chi connectivity index (χ4v) is 6.31. The Bertz CT molecular complexity index is 1600. The number of nitrogens with zero attached hydrogens (tertiary/aromatic N) is 2. The van der Waals surface area contributed by atoms with Crippen LogP contribution in [-0.2, 0) is 4.79 Å². The summed E-state index contributed by atoms with van der Waals surface area (Å²) in [6, 6.07) is 18.1. The van der Waals surface area contributed by atoms with Crippen LogP contribution in [0.3, 0.4) is 0 Å². The van der Waals surface area contributed by atoms with Crippen molar-refractivity contribution in [2.24, 2.45) is 4.99 Å². The molecule has 3 heterocycles. The number of allylic oxidation sites excluding steroid dienone is 1. The van der Waals surface area contributed by atoms with Crippen LogP contribution in [0.5, 0.6) is 0 Å². The largest absolute Gasteiger partial charge is 0.322 e. The summed E-state index contributed by atoms with van der Waals surface area (Å²) in [6.07, 6.45) is 1.82. The van der Waals surface area contributed by atoms with Gasteiger partial charge >= 0.3 is 0 Å². The molecular formula is C25H17BrFN3O2S2. The first-order chi connectivity index (χ1) is 16.4. The molecule has 0 bridgehead atoms. The number of fused-ring (bicyclic) bond motifs is 1. The van der Waals surface area contributed by atoms with Gasteiger partial charge in [-0.2, -0.15) is 0 Å². The Labute approximate surface area is 210 Å². The molecule has 0 saturated carbocycles. The van der Waals surface area contributed by atoms with Crippen LogP contribution in [0.2, 0.25) is 0 Å². The smallest absolute Gasteiger partial charge is 0.271 e. The van der Waals surface area contributed by atoms with Crippen molar-refractivity contribution >= 4 is 56.3 Å². The minimum Gasteiger partial charge on any atom is -0.322 e. The van der Waals surface area contributed by atoms with E-state index in [-0.39, 0.29) is 11.5 Å². The third kappa shape index (κ3) is 4.34. The van der Waals surface area contributed by atoms with Gasteiger partial charge in [0.15, 0.2) is 4.80 Å². The summed E-state index contributed by atoms with van der Waals surface area (Å²) >= 11 is 6.23. The molecule has 0 unspecified atom stereocenters. The van der Waals surface area contributed by atoms with Crippen molar-refractivity contribution in [1.29, 1.82) is 0 Å². The molecule has 1 N–H and O–H groups in total. The average Bonchev–Trinajstić information content (AvgIpc) is 3.36. The third-order valence-corrected chi connectivity index (χ3v) is 7.90. The van der Waals surface area contributed by atoms with E-state index in [1.54, 1.807) is 31.2 Å². The van der Waals surface area contributed by atoms with Crippen molar-refractivity contribution in [2.45, 2.75) is 13.0 Å². The zero-order valence-electron chi connectivity index (χ0n) is 17.8. The van der Waals surface area contributed by atoms with Gasteiger partial charge in [0, 0.05) is 10.6 Å². The lowest BCUT2D eigenvalue weighted by atomic mass is 9.95. The number of thiazole rings is 1. The van der Waals surface area contributed by atoms with Gasteiger partial charge in [-0.3, -0.25) is 14.2 Å². The number of hydrogen-bond acceptors (Lipinski definition) is 5. The normalized spacial score (nSPS) is 15.7. The Morgan fingerprint density at radius 2 is 1.82 bits per heavy atom. The van der Waals surface area contributed by atoms with E-state index in [4.69, 9.17) is 0 Å². The molecule has 170 valence electrons. The standard InChI is InChI=1S/C25H17BrFN3O2S2/c1-14-21(23(31)29-17-5-3-2-4-6-17)22(15-7-9-16(27)10-8-15)30-24(32)19(34-25(30)28-14)13-18-11-12-20(26)33-18/h2-13,22H,1H3,(H,29,31)/t22-/m0/s1. The van der Waals surface area contributed by atoms with Crippen LogP contribution in [0.4, 0.5) is 10.1 Å². The predicted octanol–water partition coefficient (Wildman–Crippen LogP) is 4.84. The number of anilines is 1. The van der Waals surface area contributed by atoms with Crippen LogP contribution in [0, 0.1) is 5.82 Å².